The van der Waals surface area contributed by atoms with Crippen LogP contribution in [0.15, 0.2) is 0 Å². The Hall–Kier alpha value is 0.0406. The summed E-state index contributed by atoms with van der Waals surface area (Å²) in [4.78, 5) is 11.7. The van der Waals surface area contributed by atoms with Crippen LogP contribution in [0, 0.1) is 5.92 Å². The van der Waals surface area contributed by atoms with Crippen molar-refractivity contribution in [3.63, 3.8) is 0 Å². The molecule has 0 spiro atoms. The maximum Gasteiger partial charge on any atom is 0.314 e. The molecule has 0 fully saturated rings. The summed E-state index contributed by atoms with van der Waals surface area (Å²) in [5.41, 5.74) is 0. The topological polar surface area (TPSA) is 44.8 Å². The molecule has 0 bridgehead atoms. The zero-order valence-corrected chi connectivity index (χ0v) is 19.0. The Bertz CT molecular complexity index is 332. The Morgan fingerprint density at radius 3 is 1.77 bits per heavy atom. The number of ether oxygens (including phenoxy) is 1. The maximum absolute atomic E-state index is 11.7. The van der Waals surface area contributed by atoms with Gasteiger partial charge in [-0.3, -0.25) is 4.79 Å². The van der Waals surface area contributed by atoms with Crippen LogP contribution in [0.5, 0.6) is 0 Å². The van der Waals surface area contributed by atoms with Crippen molar-refractivity contribution in [1.82, 2.24) is 0 Å². The number of hydrogen-bond acceptors (Lipinski definition) is 4. The minimum Gasteiger partial charge on any atom is -0.465 e. The minimum atomic E-state index is -2.20. The number of esters is 1. The van der Waals surface area contributed by atoms with Crippen molar-refractivity contribution in [1.29, 1.82) is 0 Å². The third kappa shape index (κ3) is 10.7. The number of rotatable bonds is 10. The van der Waals surface area contributed by atoms with Crippen LogP contribution in [0.25, 0.3) is 0 Å². The lowest BCUT2D eigenvalue weighted by molar-refractivity contribution is -0.148. The van der Waals surface area contributed by atoms with Gasteiger partial charge in [0.1, 0.15) is 0 Å². The molecular weight excluding hydrogens is 328 g/mol. The summed E-state index contributed by atoms with van der Waals surface area (Å²) in [5, 5.41) is 0. The van der Waals surface area contributed by atoms with Crippen LogP contribution in [-0.4, -0.2) is 37.8 Å². The Kier molecular flexibility index (Phi) is 8.79. The quantitative estimate of drug-likeness (QED) is 0.319. The van der Waals surface area contributed by atoms with E-state index >= 15 is 0 Å². The number of hydrogen-bond donors (Lipinski definition) is 0. The average Bonchev–Trinajstić information content (AvgIpc) is 2.28. The van der Waals surface area contributed by atoms with E-state index in [4.69, 9.17) is 13.0 Å². The highest BCUT2D eigenvalue weighted by Gasteiger charge is 2.39. The first-order chi connectivity index (χ1) is 9.78. The van der Waals surface area contributed by atoms with Gasteiger partial charge in [-0.25, -0.2) is 0 Å². The summed E-state index contributed by atoms with van der Waals surface area (Å²) < 4.78 is 18.2. The van der Waals surface area contributed by atoms with Gasteiger partial charge in [0.25, 0.3) is 0 Å². The molecule has 4 nitrogen and oxygen atoms in total. The predicted octanol–water partition coefficient (Wildman–Crippen LogP) is 4.74. The van der Waals surface area contributed by atoms with E-state index in [-0.39, 0.29) is 11.9 Å². The van der Waals surface area contributed by atoms with Crippen LogP contribution in [-0.2, 0) is 17.8 Å². The fourth-order valence-electron chi connectivity index (χ4n) is 2.29. The first-order valence-corrected chi connectivity index (χ1v) is 17.7. The zero-order valence-electron chi connectivity index (χ0n) is 16.0. The molecule has 0 rings (SSSR count). The minimum absolute atomic E-state index is 0.0138. The second-order valence-corrected chi connectivity index (χ2v) is 21.0. The SMILES string of the molecule is CCC(C)C(=O)OCCC[Si](C)(O[Si](C)(C)C)O[Si](C)(C)C. The number of carbonyl (C=O) groups excluding carboxylic acids is 1. The molecule has 0 aliphatic rings. The Morgan fingerprint density at radius 1 is 0.955 bits per heavy atom. The molecule has 0 aromatic rings. The fourth-order valence-corrected chi connectivity index (χ4v) is 14.8. The normalized spacial score (nSPS) is 14.8. The summed E-state index contributed by atoms with van der Waals surface area (Å²) >= 11 is 0. The van der Waals surface area contributed by atoms with Gasteiger partial charge in [-0.15, -0.1) is 0 Å². The summed E-state index contributed by atoms with van der Waals surface area (Å²) in [6.07, 6.45) is 1.64. The standard InChI is InChI=1S/C15H36O4Si3/c1-10-14(2)15(16)17-12-11-13-22(9,18-20(3,4)5)19-21(6,7)8/h14H,10-13H2,1-9H3. The van der Waals surface area contributed by atoms with Crippen LogP contribution in [0.3, 0.4) is 0 Å². The van der Waals surface area contributed by atoms with Crippen LogP contribution in [0.4, 0.5) is 0 Å². The van der Waals surface area contributed by atoms with Crippen molar-refractivity contribution in [2.45, 2.75) is 78.6 Å². The van der Waals surface area contributed by atoms with Gasteiger partial charge in [-0.2, -0.15) is 0 Å². The highest BCUT2D eigenvalue weighted by molar-refractivity contribution is 6.87. The first-order valence-electron chi connectivity index (χ1n) is 8.35. The van der Waals surface area contributed by atoms with Crippen molar-refractivity contribution >= 4 is 31.2 Å². The Morgan fingerprint density at radius 2 is 1.41 bits per heavy atom. The molecule has 1 atom stereocenters. The highest BCUT2D eigenvalue weighted by atomic mass is 28.5. The number of carbonyl (C=O) groups is 1. The van der Waals surface area contributed by atoms with Gasteiger partial charge in [0.2, 0.25) is 0 Å². The lowest BCUT2D eigenvalue weighted by Gasteiger charge is -2.38. The second kappa shape index (κ2) is 8.77. The molecule has 7 heteroatoms. The van der Waals surface area contributed by atoms with Gasteiger partial charge in [-0.1, -0.05) is 13.8 Å². The molecule has 0 saturated heterocycles. The van der Waals surface area contributed by atoms with Crippen molar-refractivity contribution in [2.24, 2.45) is 5.92 Å². The largest absolute Gasteiger partial charge is 0.465 e. The van der Waals surface area contributed by atoms with E-state index in [0.717, 1.165) is 18.9 Å². The van der Waals surface area contributed by atoms with Crippen molar-refractivity contribution in [2.75, 3.05) is 6.61 Å². The van der Waals surface area contributed by atoms with Crippen LogP contribution >= 0.6 is 0 Å². The molecule has 22 heavy (non-hydrogen) atoms. The van der Waals surface area contributed by atoms with E-state index in [9.17, 15) is 4.79 Å². The van der Waals surface area contributed by atoms with Gasteiger partial charge in [0, 0.05) is 0 Å². The van der Waals surface area contributed by atoms with Gasteiger partial charge in [0.05, 0.1) is 12.5 Å². The van der Waals surface area contributed by atoms with Gasteiger partial charge >= 0.3 is 14.5 Å². The maximum atomic E-state index is 11.7. The molecule has 0 saturated carbocycles. The smallest absolute Gasteiger partial charge is 0.314 e. The summed E-state index contributed by atoms with van der Waals surface area (Å²) in [6.45, 7) is 19.8. The van der Waals surface area contributed by atoms with Crippen LogP contribution in [0.2, 0.25) is 51.9 Å². The van der Waals surface area contributed by atoms with Crippen molar-refractivity contribution < 1.29 is 17.8 Å². The van der Waals surface area contributed by atoms with Crippen LogP contribution in [0.1, 0.15) is 26.7 Å². The van der Waals surface area contributed by atoms with E-state index in [2.05, 4.69) is 45.8 Å². The van der Waals surface area contributed by atoms with E-state index in [1.165, 1.54) is 0 Å². The molecule has 0 amide bonds. The molecule has 0 aromatic carbocycles. The summed E-state index contributed by atoms with van der Waals surface area (Å²) in [7, 11) is -5.49. The van der Waals surface area contributed by atoms with Crippen molar-refractivity contribution in [3.05, 3.63) is 0 Å². The lowest BCUT2D eigenvalue weighted by Crippen LogP contribution is -2.52. The molecule has 0 radical (unpaired) electrons. The Labute approximate surface area is 140 Å². The highest BCUT2D eigenvalue weighted by Crippen LogP contribution is 2.25. The summed E-state index contributed by atoms with van der Waals surface area (Å²) in [6, 6.07) is 0.884. The van der Waals surface area contributed by atoms with Crippen molar-refractivity contribution in [3.8, 4) is 0 Å². The van der Waals surface area contributed by atoms with Gasteiger partial charge in [-0.05, 0) is 64.7 Å². The molecular formula is C15H36O4Si3. The molecule has 1 unspecified atom stereocenters. The molecule has 0 aliphatic heterocycles. The predicted molar refractivity (Wildman–Crippen MR) is 100 cm³/mol. The first kappa shape index (κ1) is 22.0. The van der Waals surface area contributed by atoms with Gasteiger partial charge < -0.3 is 13.0 Å². The van der Waals surface area contributed by atoms with E-state index < -0.39 is 25.2 Å². The third-order valence-electron chi connectivity index (χ3n) is 3.08. The van der Waals surface area contributed by atoms with Gasteiger partial charge in [0.15, 0.2) is 16.6 Å². The molecule has 0 N–H and O–H groups in total. The van der Waals surface area contributed by atoms with Crippen LogP contribution < -0.4 is 0 Å². The van der Waals surface area contributed by atoms with E-state index in [1.807, 2.05) is 13.8 Å². The molecule has 0 aromatic heterocycles. The molecule has 0 aliphatic carbocycles. The molecule has 0 heterocycles. The summed E-state index contributed by atoms with van der Waals surface area (Å²) in [5.74, 6) is -0.108. The second-order valence-electron chi connectivity index (χ2n) is 8.14. The Balaban J connectivity index is 4.51. The zero-order chi connectivity index (χ0) is 17.6. The monoisotopic (exact) mass is 364 g/mol. The molecule has 132 valence electrons. The van der Waals surface area contributed by atoms with E-state index in [1.54, 1.807) is 0 Å². The third-order valence-corrected chi connectivity index (χ3v) is 12.7. The average molecular weight is 365 g/mol. The lowest BCUT2D eigenvalue weighted by atomic mass is 10.1. The van der Waals surface area contributed by atoms with E-state index in [0.29, 0.717) is 6.61 Å². The fraction of sp³-hybridized carbons (Fsp3) is 0.933.